The maximum absolute atomic E-state index is 5.49. The molecular weight excluding hydrogens is 216 g/mol. The molecule has 1 heterocycles. The summed E-state index contributed by atoms with van der Waals surface area (Å²) in [6, 6.07) is 7.75. The van der Waals surface area contributed by atoms with Crippen molar-refractivity contribution in [3.8, 4) is 0 Å². The van der Waals surface area contributed by atoms with E-state index in [2.05, 4.69) is 9.97 Å². The quantitative estimate of drug-likeness (QED) is 0.743. The molecule has 0 bridgehead atoms. The third-order valence-electron chi connectivity index (χ3n) is 2.34. The first-order chi connectivity index (χ1) is 8.35. The minimum absolute atomic E-state index is 0.429. The van der Waals surface area contributed by atoms with E-state index in [1.807, 2.05) is 38.1 Å². The summed E-state index contributed by atoms with van der Waals surface area (Å²) in [6.07, 6.45) is 1.28. The largest absolute Gasteiger partial charge is 0.347 e. The molecule has 0 spiro atoms. The molecule has 1 aromatic carbocycles. The van der Waals surface area contributed by atoms with E-state index < -0.39 is 6.29 Å². The van der Waals surface area contributed by atoms with Crippen molar-refractivity contribution in [1.29, 1.82) is 0 Å². The molecule has 0 aliphatic heterocycles. The molecule has 0 amide bonds. The number of rotatable bonds is 5. The minimum atomic E-state index is -0.429. The molecule has 0 radical (unpaired) electrons. The highest BCUT2D eigenvalue weighted by Gasteiger charge is 2.13. The van der Waals surface area contributed by atoms with Crippen molar-refractivity contribution in [3.05, 3.63) is 36.2 Å². The van der Waals surface area contributed by atoms with Gasteiger partial charge in [-0.1, -0.05) is 12.1 Å². The predicted octanol–water partition coefficient (Wildman–Crippen LogP) is 2.70. The molecule has 0 saturated heterocycles. The monoisotopic (exact) mass is 232 g/mol. The van der Waals surface area contributed by atoms with Gasteiger partial charge in [0.2, 0.25) is 6.29 Å². The lowest BCUT2D eigenvalue weighted by atomic mass is 10.3. The zero-order valence-electron chi connectivity index (χ0n) is 10.1. The Hall–Kier alpha value is -1.52. The minimum Gasteiger partial charge on any atom is -0.347 e. The zero-order chi connectivity index (χ0) is 12.1. The molecule has 2 aromatic rings. The highest BCUT2D eigenvalue weighted by atomic mass is 16.7. The lowest BCUT2D eigenvalue weighted by molar-refractivity contribution is -0.142. The Balaban J connectivity index is 2.32. The van der Waals surface area contributed by atoms with Crippen LogP contribution in [-0.4, -0.2) is 23.2 Å². The first-order valence-electron chi connectivity index (χ1n) is 5.80. The van der Waals surface area contributed by atoms with E-state index in [1.54, 1.807) is 6.20 Å². The summed E-state index contributed by atoms with van der Waals surface area (Å²) in [5, 5.41) is 0. The molecule has 0 saturated carbocycles. The van der Waals surface area contributed by atoms with Crippen LogP contribution in [0.25, 0.3) is 11.0 Å². The average molecular weight is 232 g/mol. The van der Waals surface area contributed by atoms with Gasteiger partial charge in [0.25, 0.3) is 0 Å². The Kier molecular flexibility index (Phi) is 4.01. The number of hydrogen-bond donors (Lipinski definition) is 0. The van der Waals surface area contributed by atoms with Gasteiger partial charge < -0.3 is 9.47 Å². The molecule has 0 N–H and O–H groups in total. The fraction of sp³-hybridized carbons (Fsp3) is 0.385. The standard InChI is InChI=1S/C13H16N2O2/c1-3-16-13(17-4-2)12-9-14-10-7-5-6-8-11(10)15-12/h5-9,13H,3-4H2,1-2H3. The molecule has 4 heteroatoms. The van der Waals surface area contributed by atoms with E-state index >= 15 is 0 Å². The summed E-state index contributed by atoms with van der Waals surface area (Å²) in [6.45, 7) is 5.03. The average Bonchev–Trinajstić information content (AvgIpc) is 2.38. The number of hydrogen-bond acceptors (Lipinski definition) is 4. The number of aromatic nitrogens is 2. The van der Waals surface area contributed by atoms with Crippen molar-refractivity contribution in [2.45, 2.75) is 20.1 Å². The van der Waals surface area contributed by atoms with Crippen LogP contribution in [0.3, 0.4) is 0 Å². The second-order valence-corrected chi connectivity index (χ2v) is 3.53. The van der Waals surface area contributed by atoms with Crippen molar-refractivity contribution in [3.63, 3.8) is 0 Å². The van der Waals surface area contributed by atoms with Crippen molar-refractivity contribution in [2.24, 2.45) is 0 Å². The smallest absolute Gasteiger partial charge is 0.202 e. The van der Waals surface area contributed by atoms with E-state index in [4.69, 9.17) is 9.47 Å². The Morgan fingerprint density at radius 1 is 1.06 bits per heavy atom. The lowest BCUT2D eigenvalue weighted by Gasteiger charge is -2.16. The summed E-state index contributed by atoms with van der Waals surface area (Å²) in [5.41, 5.74) is 2.45. The molecule has 0 atom stereocenters. The van der Waals surface area contributed by atoms with Crippen LogP contribution in [0.1, 0.15) is 25.8 Å². The molecule has 90 valence electrons. The number of fused-ring (bicyclic) bond motifs is 1. The number of para-hydroxylation sites is 2. The van der Waals surface area contributed by atoms with Crippen molar-refractivity contribution in [2.75, 3.05) is 13.2 Å². The van der Waals surface area contributed by atoms with E-state index in [0.717, 1.165) is 11.0 Å². The van der Waals surface area contributed by atoms with Crippen LogP contribution >= 0.6 is 0 Å². The van der Waals surface area contributed by atoms with Crippen LogP contribution in [0.5, 0.6) is 0 Å². The maximum Gasteiger partial charge on any atom is 0.202 e. The Bertz CT molecular complexity index is 482. The molecule has 4 nitrogen and oxygen atoms in total. The Morgan fingerprint density at radius 3 is 2.35 bits per heavy atom. The normalized spacial score (nSPS) is 11.2. The van der Waals surface area contributed by atoms with Crippen LogP contribution in [0.2, 0.25) is 0 Å². The molecule has 0 fully saturated rings. The second kappa shape index (κ2) is 5.70. The van der Waals surface area contributed by atoms with Crippen LogP contribution in [0.15, 0.2) is 30.5 Å². The summed E-state index contributed by atoms with van der Waals surface area (Å²) in [7, 11) is 0. The lowest BCUT2D eigenvalue weighted by Crippen LogP contribution is -2.11. The Morgan fingerprint density at radius 2 is 1.71 bits per heavy atom. The molecule has 0 unspecified atom stereocenters. The van der Waals surface area contributed by atoms with E-state index in [-0.39, 0.29) is 0 Å². The number of nitrogens with zero attached hydrogens (tertiary/aromatic N) is 2. The van der Waals surface area contributed by atoms with Gasteiger partial charge in [0.05, 0.1) is 17.2 Å². The van der Waals surface area contributed by atoms with E-state index in [9.17, 15) is 0 Å². The van der Waals surface area contributed by atoms with Gasteiger partial charge in [-0.15, -0.1) is 0 Å². The Labute approximate surface area is 101 Å². The first-order valence-corrected chi connectivity index (χ1v) is 5.80. The SMILES string of the molecule is CCOC(OCC)c1cnc2ccccc2n1. The van der Waals surface area contributed by atoms with Gasteiger partial charge in [0.15, 0.2) is 0 Å². The molecule has 0 aliphatic rings. The first kappa shape index (κ1) is 12.0. The second-order valence-electron chi connectivity index (χ2n) is 3.53. The number of ether oxygens (including phenoxy) is 2. The van der Waals surface area contributed by atoms with Crippen LogP contribution in [0, 0.1) is 0 Å². The molecular formula is C13H16N2O2. The van der Waals surface area contributed by atoms with Gasteiger partial charge in [-0.25, -0.2) is 4.98 Å². The van der Waals surface area contributed by atoms with E-state index in [1.165, 1.54) is 0 Å². The summed E-state index contributed by atoms with van der Waals surface area (Å²) < 4.78 is 11.0. The molecule has 17 heavy (non-hydrogen) atoms. The zero-order valence-corrected chi connectivity index (χ0v) is 10.1. The van der Waals surface area contributed by atoms with Gasteiger partial charge in [-0.2, -0.15) is 0 Å². The fourth-order valence-corrected chi connectivity index (χ4v) is 1.61. The van der Waals surface area contributed by atoms with Crippen molar-refractivity contribution >= 4 is 11.0 Å². The van der Waals surface area contributed by atoms with Crippen LogP contribution < -0.4 is 0 Å². The summed E-state index contributed by atoms with van der Waals surface area (Å²) in [4.78, 5) is 8.84. The molecule has 1 aromatic heterocycles. The third kappa shape index (κ3) is 2.78. The van der Waals surface area contributed by atoms with Gasteiger partial charge in [0.1, 0.15) is 5.69 Å². The molecule has 0 aliphatic carbocycles. The summed E-state index contributed by atoms with van der Waals surface area (Å²) >= 11 is 0. The van der Waals surface area contributed by atoms with Crippen molar-refractivity contribution < 1.29 is 9.47 Å². The van der Waals surface area contributed by atoms with Gasteiger partial charge in [-0.3, -0.25) is 4.98 Å². The summed E-state index contributed by atoms with van der Waals surface area (Å²) in [5.74, 6) is 0. The van der Waals surface area contributed by atoms with Gasteiger partial charge >= 0.3 is 0 Å². The van der Waals surface area contributed by atoms with E-state index in [0.29, 0.717) is 18.9 Å². The topological polar surface area (TPSA) is 44.2 Å². The van der Waals surface area contributed by atoms with Gasteiger partial charge in [-0.05, 0) is 26.0 Å². The predicted molar refractivity (Wildman–Crippen MR) is 65.5 cm³/mol. The maximum atomic E-state index is 5.49. The van der Waals surface area contributed by atoms with Gasteiger partial charge in [0, 0.05) is 13.2 Å². The van der Waals surface area contributed by atoms with Crippen LogP contribution in [-0.2, 0) is 9.47 Å². The molecule has 2 rings (SSSR count). The number of benzene rings is 1. The third-order valence-corrected chi connectivity index (χ3v) is 2.34. The van der Waals surface area contributed by atoms with Crippen molar-refractivity contribution in [1.82, 2.24) is 9.97 Å². The fourth-order valence-electron chi connectivity index (χ4n) is 1.61. The highest BCUT2D eigenvalue weighted by Crippen LogP contribution is 2.18. The highest BCUT2D eigenvalue weighted by molar-refractivity contribution is 5.73. The van der Waals surface area contributed by atoms with Crippen LogP contribution in [0.4, 0.5) is 0 Å².